The van der Waals surface area contributed by atoms with Gasteiger partial charge >= 0.3 is 0 Å². The van der Waals surface area contributed by atoms with E-state index in [1.807, 2.05) is 43.5 Å². The minimum atomic E-state index is -0.0108. The highest BCUT2D eigenvalue weighted by atomic mass is 32.1. The van der Waals surface area contributed by atoms with Crippen molar-refractivity contribution >= 4 is 21.4 Å². The lowest BCUT2D eigenvalue weighted by atomic mass is 10.1. The number of hydrogen-bond acceptors (Lipinski definition) is 6. The van der Waals surface area contributed by atoms with Gasteiger partial charge < -0.3 is 10.1 Å². The Balaban J connectivity index is 1.48. The lowest BCUT2D eigenvalue weighted by molar-refractivity contribution is 0.0719. The van der Waals surface area contributed by atoms with Crippen LogP contribution in [-0.4, -0.2) is 32.7 Å². The number of benzene rings is 1. The molecule has 1 aromatic carbocycles. The first-order valence-electron chi connectivity index (χ1n) is 8.50. The van der Waals surface area contributed by atoms with Crippen molar-refractivity contribution in [3.05, 3.63) is 66.6 Å². The van der Waals surface area contributed by atoms with Crippen LogP contribution in [0.15, 0.2) is 61.1 Å². The zero-order valence-corrected chi connectivity index (χ0v) is 15.2. The van der Waals surface area contributed by atoms with E-state index < -0.39 is 0 Å². The maximum absolute atomic E-state index is 5.87. The monoisotopic (exact) mass is 365 g/mol. The molecule has 0 fully saturated rings. The van der Waals surface area contributed by atoms with Crippen molar-refractivity contribution in [1.82, 2.24) is 19.6 Å². The number of nitrogens with one attached hydrogen (secondary N) is 1. The fraction of sp³-hybridized carbons (Fsp3) is 0.211. The molecule has 3 aromatic heterocycles. The molecule has 0 radical (unpaired) electrons. The molecule has 0 aliphatic rings. The maximum atomic E-state index is 5.87. The molecule has 0 saturated heterocycles. The summed E-state index contributed by atoms with van der Waals surface area (Å²) in [5.74, 6) is 0. The molecule has 0 spiro atoms. The fourth-order valence-corrected chi connectivity index (χ4v) is 3.54. The summed E-state index contributed by atoms with van der Waals surface area (Å²) >= 11 is 1.52. The normalized spacial score (nSPS) is 12.3. The minimum Gasteiger partial charge on any atom is -0.372 e. The number of anilines is 1. The number of pyridine rings is 1. The van der Waals surface area contributed by atoms with Crippen molar-refractivity contribution in [2.45, 2.75) is 13.0 Å². The van der Waals surface area contributed by atoms with E-state index in [1.165, 1.54) is 11.3 Å². The highest BCUT2D eigenvalue weighted by molar-refractivity contribution is 7.20. The quantitative estimate of drug-likeness (QED) is 0.535. The predicted octanol–water partition coefficient (Wildman–Crippen LogP) is 4.04. The third-order valence-electron chi connectivity index (χ3n) is 3.98. The van der Waals surface area contributed by atoms with E-state index in [0.29, 0.717) is 13.2 Å². The van der Waals surface area contributed by atoms with Crippen molar-refractivity contribution in [3.63, 3.8) is 0 Å². The van der Waals surface area contributed by atoms with E-state index in [4.69, 9.17) is 4.74 Å². The van der Waals surface area contributed by atoms with Crippen LogP contribution in [0.25, 0.3) is 16.2 Å². The van der Waals surface area contributed by atoms with Gasteiger partial charge in [-0.1, -0.05) is 41.7 Å². The Kier molecular flexibility index (Phi) is 4.90. The molecule has 6 nitrogen and oxygen atoms in total. The van der Waals surface area contributed by atoms with Crippen LogP contribution in [-0.2, 0) is 4.74 Å². The molecule has 0 saturated carbocycles. The van der Waals surface area contributed by atoms with Gasteiger partial charge in [-0.2, -0.15) is 0 Å². The minimum absolute atomic E-state index is 0.0108. The molecule has 7 heteroatoms. The molecule has 1 unspecified atom stereocenters. The number of ether oxygens (including phenoxy) is 1. The third kappa shape index (κ3) is 3.58. The first-order chi connectivity index (χ1) is 12.8. The number of rotatable bonds is 7. The third-order valence-corrected chi connectivity index (χ3v) is 4.86. The van der Waals surface area contributed by atoms with Crippen molar-refractivity contribution in [2.75, 3.05) is 18.5 Å². The number of fused-ring (bicyclic) bond motifs is 1. The molecular weight excluding hydrogens is 346 g/mol. The number of hydrogen-bond donors (Lipinski definition) is 1. The van der Waals surface area contributed by atoms with Crippen LogP contribution in [0.2, 0.25) is 0 Å². The molecule has 0 aliphatic carbocycles. The second kappa shape index (κ2) is 7.63. The summed E-state index contributed by atoms with van der Waals surface area (Å²) in [6.07, 6.45) is 5.47. The summed E-state index contributed by atoms with van der Waals surface area (Å²) in [4.78, 5) is 9.62. The Morgan fingerprint density at radius 2 is 2.08 bits per heavy atom. The highest BCUT2D eigenvalue weighted by Gasteiger charge is 2.14. The molecule has 4 aromatic rings. The lowest BCUT2D eigenvalue weighted by Gasteiger charge is -2.17. The zero-order chi connectivity index (χ0) is 17.8. The van der Waals surface area contributed by atoms with Crippen molar-refractivity contribution < 1.29 is 4.74 Å². The topological polar surface area (TPSA) is 64.3 Å². The average Bonchev–Trinajstić information content (AvgIpc) is 3.25. The largest absolute Gasteiger partial charge is 0.372 e. The second-order valence-corrected chi connectivity index (χ2v) is 6.69. The summed E-state index contributed by atoms with van der Waals surface area (Å²) in [6.45, 7) is 3.33. The van der Waals surface area contributed by atoms with Gasteiger partial charge in [0.1, 0.15) is 0 Å². The molecule has 0 bridgehead atoms. The smallest absolute Gasteiger partial charge is 0.214 e. The van der Waals surface area contributed by atoms with Crippen LogP contribution in [0.3, 0.4) is 0 Å². The first-order valence-corrected chi connectivity index (χ1v) is 9.32. The summed E-state index contributed by atoms with van der Waals surface area (Å²) < 4.78 is 7.67. The van der Waals surface area contributed by atoms with Gasteiger partial charge in [-0.05, 0) is 24.6 Å². The summed E-state index contributed by atoms with van der Waals surface area (Å²) in [6, 6.07) is 14.1. The zero-order valence-electron chi connectivity index (χ0n) is 14.4. The van der Waals surface area contributed by atoms with Crippen LogP contribution in [0.1, 0.15) is 18.6 Å². The van der Waals surface area contributed by atoms with Gasteiger partial charge in [-0.25, -0.2) is 9.50 Å². The number of aromatic nitrogens is 4. The van der Waals surface area contributed by atoms with Crippen LogP contribution in [0.5, 0.6) is 0 Å². The Morgan fingerprint density at radius 1 is 1.19 bits per heavy atom. The molecule has 26 heavy (non-hydrogen) atoms. The van der Waals surface area contributed by atoms with Gasteiger partial charge in [0, 0.05) is 31.1 Å². The van der Waals surface area contributed by atoms with E-state index in [1.54, 1.807) is 16.9 Å². The first kappa shape index (κ1) is 16.7. The molecule has 3 heterocycles. The van der Waals surface area contributed by atoms with Gasteiger partial charge in [0.05, 0.1) is 18.0 Å². The molecule has 132 valence electrons. The van der Waals surface area contributed by atoms with E-state index in [-0.39, 0.29) is 6.10 Å². The molecule has 1 atom stereocenters. The fourth-order valence-electron chi connectivity index (χ4n) is 2.75. The van der Waals surface area contributed by atoms with E-state index in [2.05, 4.69) is 32.5 Å². The SMILES string of the molecule is CCOC(CNc1nn2cc(-c3cccnc3)nc2s1)c1ccccc1. The van der Waals surface area contributed by atoms with Gasteiger partial charge in [-0.3, -0.25) is 4.98 Å². The molecule has 0 aliphatic heterocycles. The van der Waals surface area contributed by atoms with Crippen LogP contribution in [0, 0.1) is 0 Å². The Morgan fingerprint density at radius 3 is 2.81 bits per heavy atom. The Bertz CT molecular complexity index is 936. The van der Waals surface area contributed by atoms with Gasteiger partial charge in [0.25, 0.3) is 0 Å². The lowest BCUT2D eigenvalue weighted by Crippen LogP contribution is -2.15. The average molecular weight is 365 g/mol. The van der Waals surface area contributed by atoms with E-state index in [9.17, 15) is 0 Å². The number of imidazole rings is 1. The van der Waals surface area contributed by atoms with E-state index >= 15 is 0 Å². The molecule has 0 amide bonds. The van der Waals surface area contributed by atoms with Crippen LogP contribution >= 0.6 is 11.3 Å². The summed E-state index contributed by atoms with van der Waals surface area (Å²) in [5, 5.41) is 8.77. The summed E-state index contributed by atoms with van der Waals surface area (Å²) in [7, 11) is 0. The Labute approximate surface area is 155 Å². The van der Waals surface area contributed by atoms with Crippen molar-refractivity contribution in [1.29, 1.82) is 0 Å². The van der Waals surface area contributed by atoms with Gasteiger partial charge in [0.2, 0.25) is 10.1 Å². The standard InChI is InChI=1S/C19H19N5OS/c1-2-25-17(14-7-4-3-5-8-14)12-21-18-23-24-13-16(22-19(24)26-18)15-9-6-10-20-11-15/h3-11,13,17H,2,12H2,1H3,(H,21,23). The van der Waals surface area contributed by atoms with Crippen LogP contribution < -0.4 is 5.32 Å². The van der Waals surface area contributed by atoms with E-state index in [0.717, 1.165) is 26.9 Å². The van der Waals surface area contributed by atoms with Crippen molar-refractivity contribution in [2.24, 2.45) is 0 Å². The molecule has 1 N–H and O–H groups in total. The molecule has 4 rings (SSSR count). The predicted molar refractivity (Wildman–Crippen MR) is 103 cm³/mol. The van der Waals surface area contributed by atoms with Crippen LogP contribution in [0.4, 0.5) is 5.13 Å². The Hall–Kier alpha value is -2.77. The van der Waals surface area contributed by atoms with Gasteiger partial charge in [-0.15, -0.1) is 5.10 Å². The maximum Gasteiger partial charge on any atom is 0.214 e. The number of nitrogens with zero attached hydrogens (tertiary/aromatic N) is 4. The van der Waals surface area contributed by atoms with Gasteiger partial charge in [0.15, 0.2) is 0 Å². The van der Waals surface area contributed by atoms with Crippen molar-refractivity contribution in [3.8, 4) is 11.3 Å². The highest BCUT2D eigenvalue weighted by Crippen LogP contribution is 2.25. The second-order valence-electron chi connectivity index (χ2n) is 5.74. The molecular formula is C19H19N5OS. The summed E-state index contributed by atoms with van der Waals surface area (Å²) in [5.41, 5.74) is 3.02.